The lowest BCUT2D eigenvalue weighted by Crippen LogP contribution is -2.08. The normalized spacial score (nSPS) is 24.0. The SMILES string of the molecule is C1CCOCC1.C1COOOC1. The average Bonchev–Trinajstić information content (AvgIpc) is 2.24. The molecule has 2 aliphatic heterocycles. The van der Waals surface area contributed by atoms with Crippen molar-refractivity contribution in [2.75, 3.05) is 26.4 Å². The van der Waals surface area contributed by atoms with Gasteiger partial charge in [-0.3, -0.25) is 0 Å². The second kappa shape index (κ2) is 7.49. The van der Waals surface area contributed by atoms with Gasteiger partial charge < -0.3 is 4.74 Å². The van der Waals surface area contributed by atoms with Crippen molar-refractivity contribution in [3.63, 3.8) is 0 Å². The second-order valence-electron chi connectivity index (χ2n) is 2.74. The Labute approximate surface area is 72.6 Å². The first-order chi connectivity index (χ1) is 6.00. The summed E-state index contributed by atoms with van der Waals surface area (Å²) in [6.07, 6.45) is 4.86. The zero-order chi connectivity index (χ0) is 8.49. The van der Waals surface area contributed by atoms with E-state index in [1.807, 2.05) is 0 Å². The van der Waals surface area contributed by atoms with Crippen molar-refractivity contribution in [3.05, 3.63) is 0 Å². The molecule has 0 aromatic carbocycles. The minimum Gasteiger partial charge on any atom is -0.381 e. The van der Waals surface area contributed by atoms with Crippen LogP contribution in [0.4, 0.5) is 0 Å². The summed E-state index contributed by atoms with van der Waals surface area (Å²) in [6, 6.07) is 0. The largest absolute Gasteiger partial charge is 0.381 e. The first kappa shape index (κ1) is 9.92. The zero-order valence-corrected chi connectivity index (χ0v) is 7.29. The van der Waals surface area contributed by atoms with E-state index in [2.05, 4.69) is 14.8 Å². The molecule has 4 nitrogen and oxygen atoms in total. The predicted molar refractivity (Wildman–Crippen MR) is 42.3 cm³/mol. The van der Waals surface area contributed by atoms with Gasteiger partial charge in [-0.2, -0.15) is 0 Å². The Hall–Kier alpha value is -0.160. The van der Waals surface area contributed by atoms with Crippen LogP contribution in [0.1, 0.15) is 25.7 Å². The van der Waals surface area contributed by atoms with Crippen LogP contribution in [0.15, 0.2) is 0 Å². The van der Waals surface area contributed by atoms with Crippen LogP contribution in [0.5, 0.6) is 0 Å². The van der Waals surface area contributed by atoms with Crippen LogP contribution in [0.2, 0.25) is 0 Å². The fourth-order valence-corrected chi connectivity index (χ4v) is 0.966. The Morgan fingerprint density at radius 3 is 1.42 bits per heavy atom. The van der Waals surface area contributed by atoms with Crippen molar-refractivity contribution in [3.8, 4) is 0 Å². The van der Waals surface area contributed by atoms with Crippen molar-refractivity contribution >= 4 is 0 Å². The third kappa shape index (κ3) is 5.49. The number of hydrogen-bond donors (Lipinski definition) is 0. The maximum absolute atomic E-state index is 5.07. The fourth-order valence-electron chi connectivity index (χ4n) is 0.966. The molecule has 72 valence electrons. The third-order valence-corrected chi connectivity index (χ3v) is 1.63. The summed E-state index contributed by atoms with van der Waals surface area (Å²) < 4.78 is 5.07. The Kier molecular flexibility index (Phi) is 6.19. The van der Waals surface area contributed by atoms with Crippen LogP contribution in [0, 0.1) is 0 Å². The Morgan fingerprint density at radius 1 is 0.583 bits per heavy atom. The maximum atomic E-state index is 5.07. The van der Waals surface area contributed by atoms with Crippen molar-refractivity contribution < 1.29 is 19.6 Å². The summed E-state index contributed by atoms with van der Waals surface area (Å²) in [4.78, 5) is 8.69. The number of rotatable bonds is 0. The molecule has 0 saturated carbocycles. The van der Waals surface area contributed by atoms with Gasteiger partial charge in [0.05, 0.1) is 13.2 Å². The molecular weight excluding hydrogens is 160 g/mol. The van der Waals surface area contributed by atoms with Gasteiger partial charge >= 0.3 is 0 Å². The minimum absolute atomic E-state index is 0.653. The predicted octanol–water partition coefficient (Wildman–Crippen LogP) is 1.46. The minimum atomic E-state index is 0.653. The molecule has 2 heterocycles. The van der Waals surface area contributed by atoms with Gasteiger partial charge in [-0.25, -0.2) is 9.78 Å². The van der Waals surface area contributed by atoms with Crippen molar-refractivity contribution in [1.82, 2.24) is 0 Å². The molecule has 4 heteroatoms. The second-order valence-corrected chi connectivity index (χ2v) is 2.74. The van der Waals surface area contributed by atoms with E-state index in [0.717, 1.165) is 19.6 Å². The molecule has 0 bridgehead atoms. The highest BCUT2D eigenvalue weighted by Gasteiger charge is 1.96. The van der Waals surface area contributed by atoms with E-state index in [4.69, 9.17) is 4.74 Å². The molecule has 0 aromatic rings. The third-order valence-electron chi connectivity index (χ3n) is 1.63. The summed E-state index contributed by atoms with van der Waals surface area (Å²) >= 11 is 0. The highest BCUT2D eigenvalue weighted by Crippen LogP contribution is 2.02. The highest BCUT2D eigenvalue weighted by atomic mass is 17.5. The molecule has 0 spiro atoms. The van der Waals surface area contributed by atoms with E-state index >= 15 is 0 Å². The lowest BCUT2D eigenvalue weighted by Gasteiger charge is -2.08. The molecular formula is C8H16O4. The number of ether oxygens (including phenoxy) is 1. The van der Waals surface area contributed by atoms with Gasteiger partial charge in [0.15, 0.2) is 0 Å². The molecule has 0 unspecified atom stereocenters. The molecule has 2 rings (SSSR count). The Balaban J connectivity index is 0.000000120. The van der Waals surface area contributed by atoms with Gasteiger partial charge in [-0.1, -0.05) is 5.04 Å². The fraction of sp³-hybridized carbons (Fsp3) is 1.00. The quantitative estimate of drug-likeness (QED) is 0.523. The summed E-state index contributed by atoms with van der Waals surface area (Å²) in [7, 11) is 0. The molecule has 2 aliphatic rings. The maximum Gasteiger partial charge on any atom is 0.0877 e. The smallest absolute Gasteiger partial charge is 0.0877 e. The average molecular weight is 176 g/mol. The van der Waals surface area contributed by atoms with Gasteiger partial charge in [-0.15, -0.1) is 0 Å². The molecule has 2 fully saturated rings. The van der Waals surface area contributed by atoms with Crippen LogP contribution in [-0.2, 0) is 19.6 Å². The Morgan fingerprint density at radius 2 is 1.25 bits per heavy atom. The highest BCUT2D eigenvalue weighted by molar-refractivity contribution is 4.45. The molecule has 0 radical (unpaired) electrons. The molecule has 0 N–H and O–H groups in total. The van der Waals surface area contributed by atoms with E-state index in [1.165, 1.54) is 19.3 Å². The van der Waals surface area contributed by atoms with Crippen LogP contribution in [-0.4, -0.2) is 26.4 Å². The van der Waals surface area contributed by atoms with Crippen molar-refractivity contribution in [2.24, 2.45) is 0 Å². The Bertz CT molecular complexity index is 54.0. The van der Waals surface area contributed by atoms with Crippen molar-refractivity contribution in [1.29, 1.82) is 0 Å². The van der Waals surface area contributed by atoms with Gasteiger partial charge in [0.1, 0.15) is 0 Å². The molecule has 12 heavy (non-hydrogen) atoms. The van der Waals surface area contributed by atoms with Crippen molar-refractivity contribution in [2.45, 2.75) is 25.7 Å². The topological polar surface area (TPSA) is 36.9 Å². The standard InChI is InChI=1S/C5H10O.C3H6O3/c2*1-2-4-6-5-3-1/h1-5H2;1-3H2. The van der Waals surface area contributed by atoms with Crippen LogP contribution in [0.25, 0.3) is 0 Å². The van der Waals surface area contributed by atoms with Gasteiger partial charge in [0.2, 0.25) is 0 Å². The molecule has 0 amide bonds. The first-order valence-corrected chi connectivity index (χ1v) is 4.49. The van der Waals surface area contributed by atoms with Gasteiger partial charge in [-0.05, 0) is 19.3 Å². The van der Waals surface area contributed by atoms with E-state index in [1.54, 1.807) is 0 Å². The van der Waals surface area contributed by atoms with E-state index in [9.17, 15) is 0 Å². The monoisotopic (exact) mass is 176 g/mol. The summed E-state index contributed by atoms with van der Waals surface area (Å²) in [5, 5.41) is 4.07. The summed E-state index contributed by atoms with van der Waals surface area (Å²) in [5.41, 5.74) is 0. The molecule has 0 aromatic heterocycles. The zero-order valence-electron chi connectivity index (χ0n) is 7.29. The number of hydrogen-bond acceptors (Lipinski definition) is 4. The molecule has 0 atom stereocenters. The lowest BCUT2D eigenvalue weighted by atomic mass is 10.2. The van der Waals surface area contributed by atoms with Gasteiger partial charge in [0.25, 0.3) is 0 Å². The summed E-state index contributed by atoms with van der Waals surface area (Å²) in [6.45, 7) is 3.31. The van der Waals surface area contributed by atoms with E-state index < -0.39 is 0 Å². The van der Waals surface area contributed by atoms with Crippen LogP contribution < -0.4 is 0 Å². The van der Waals surface area contributed by atoms with Crippen LogP contribution >= 0.6 is 0 Å². The summed E-state index contributed by atoms with van der Waals surface area (Å²) in [5.74, 6) is 0. The van der Waals surface area contributed by atoms with E-state index in [-0.39, 0.29) is 0 Å². The van der Waals surface area contributed by atoms with E-state index in [0.29, 0.717) is 13.2 Å². The van der Waals surface area contributed by atoms with Gasteiger partial charge in [0, 0.05) is 19.6 Å². The lowest BCUT2D eigenvalue weighted by molar-refractivity contribution is -0.532. The molecule has 0 aliphatic carbocycles. The molecule has 2 saturated heterocycles. The van der Waals surface area contributed by atoms with Crippen LogP contribution in [0.3, 0.4) is 0 Å². The first-order valence-electron chi connectivity index (χ1n) is 4.49.